The van der Waals surface area contributed by atoms with Crippen LogP contribution in [0, 0.1) is 12.7 Å². The van der Waals surface area contributed by atoms with Crippen molar-refractivity contribution in [2.75, 3.05) is 0 Å². The average Bonchev–Trinajstić information content (AvgIpc) is 3.23. The predicted octanol–water partition coefficient (Wildman–Crippen LogP) is 4.37. The number of thioether (sulfide) groups is 1. The van der Waals surface area contributed by atoms with Gasteiger partial charge in [0.1, 0.15) is 5.82 Å². The summed E-state index contributed by atoms with van der Waals surface area (Å²) in [5, 5.41) is 3.47. The van der Waals surface area contributed by atoms with Crippen LogP contribution in [0.25, 0.3) is 16.6 Å². The summed E-state index contributed by atoms with van der Waals surface area (Å²) in [6.45, 7) is 3.47. The van der Waals surface area contributed by atoms with Crippen LogP contribution in [0.15, 0.2) is 52.4 Å². The van der Waals surface area contributed by atoms with E-state index in [2.05, 4.69) is 10.3 Å². The molecule has 1 aliphatic rings. The van der Waals surface area contributed by atoms with Crippen molar-refractivity contribution in [3.05, 3.63) is 64.2 Å². The molecule has 5 nitrogen and oxygen atoms in total. The molecule has 1 amide bonds. The summed E-state index contributed by atoms with van der Waals surface area (Å²) in [5.74, 6) is -0.466. The minimum Gasteiger partial charge on any atom is -0.352 e. The molecule has 2 aromatic carbocycles. The SMILES string of the molecule is Cc1ccc(-n2c(SC(C)C(=O)NC3CCCC3)nc3ccccc3c2=O)cc1F. The molecular weight excluding hydrogens is 401 g/mol. The van der Waals surface area contributed by atoms with E-state index in [1.165, 1.54) is 22.4 Å². The highest BCUT2D eigenvalue weighted by molar-refractivity contribution is 8.00. The van der Waals surface area contributed by atoms with Gasteiger partial charge in [-0.1, -0.05) is 42.8 Å². The largest absolute Gasteiger partial charge is 0.352 e. The van der Waals surface area contributed by atoms with Crippen molar-refractivity contribution in [3.8, 4) is 5.69 Å². The Balaban J connectivity index is 1.74. The number of aryl methyl sites for hydroxylation is 1. The Morgan fingerprint density at radius 3 is 2.70 bits per heavy atom. The molecule has 0 radical (unpaired) electrons. The summed E-state index contributed by atoms with van der Waals surface area (Å²) in [4.78, 5) is 30.6. The van der Waals surface area contributed by atoms with Gasteiger partial charge in [-0.15, -0.1) is 0 Å². The van der Waals surface area contributed by atoms with Crippen molar-refractivity contribution in [1.29, 1.82) is 0 Å². The predicted molar refractivity (Wildman–Crippen MR) is 118 cm³/mol. The molecule has 0 bridgehead atoms. The Morgan fingerprint density at radius 2 is 1.97 bits per heavy atom. The first-order chi connectivity index (χ1) is 14.4. The molecule has 0 spiro atoms. The van der Waals surface area contributed by atoms with Gasteiger partial charge in [-0.3, -0.25) is 14.2 Å². The van der Waals surface area contributed by atoms with Crippen LogP contribution in [0.3, 0.4) is 0 Å². The van der Waals surface area contributed by atoms with Gasteiger partial charge in [-0.2, -0.15) is 0 Å². The third-order valence-corrected chi connectivity index (χ3v) is 6.56. The lowest BCUT2D eigenvalue weighted by Gasteiger charge is -2.18. The second-order valence-electron chi connectivity index (χ2n) is 7.74. The number of halogens is 1. The minimum atomic E-state index is -0.444. The molecule has 1 fully saturated rings. The maximum atomic E-state index is 14.3. The molecule has 0 saturated heterocycles. The van der Waals surface area contributed by atoms with E-state index in [0.717, 1.165) is 25.7 Å². The van der Waals surface area contributed by atoms with Crippen LogP contribution in [0.5, 0.6) is 0 Å². The minimum absolute atomic E-state index is 0.0732. The first kappa shape index (κ1) is 20.6. The van der Waals surface area contributed by atoms with Gasteiger partial charge in [-0.05, 0) is 56.5 Å². The fourth-order valence-corrected chi connectivity index (χ4v) is 4.68. The summed E-state index contributed by atoms with van der Waals surface area (Å²) >= 11 is 1.21. The number of para-hydroxylation sites is 1. The number of hydrogen-bond acceptors (Lipinski definition) is 4. The lowest BCUT2D eigenvalue weighted by Crippen LogP contribution is -2.38. The molecule has 4 rings (SSSR count). The van der Waals surface area contributed by atoms with E-state index in [1.807, 2.05) is 6.07 Å². The smallest absolute Gasteiger partial charge is 0.266 e. The number of nitrogens with one attached hydrogen (secondary N) is 1. The fourth-order valence-electron chi connectivity index (χ4n) is 3.74. The molecule has 1 aliphatic carbocycles. The van der Waals surface area contributed by atoms with Crippen LogP contribution in [-0.2, 0) is 4.79 Å². The molecule has 30 heavy (non-hydrogen) atoms. The lowest BCUT2D eigenvalue weighted by molar-refractivity contribution is -0.120. The van der Waals surface area contributed by atoms with E-state index in [4.69, 9.17) is 0 Å². The number of fused-ring (bicyclic) bond motifs is 1. The molecular formula is C23H24FN3O2S. The van der Waals surface area contributed by atoms with Crippen LogP contribution in [0.2, 0.25) is 0 Å². The Morgan fingerprint density at radius 1 is 1.23 bits per heavy atom. The van der Waals surface area contributed by atoms with Gasteiger partial charge >= 0.3 is 0 Å². The van der Waals surface area contributed by atoms with E-state index in [9.17, 15) is 14.0 Å². The fraction of sp³-hybridized carbons (Fsp3) is 0.348. The standard InChI is InChI=1S/C23H24FN3O2S/c1-14-11-12-17(13-19(14)24)27-22(29)18-9-5-6-10-20(18)26-23(27)30-15(2)21(28)25-16-7-3-4-8-16/h5-6,9-13,15-16H,3-4,7-8H2,1-2H3,(H,25,28). The van der Waals surface area contributed by atoms with Crippen LogP contribution in [0.4, 0.5) is 4.39 Å². The molecule has 1 unspecified atom stereocenters. The number of benzene rings is 2. The molecule has 1 saturated carbocycles. The first-order valence-electron chi connectivity index (χ1n) is 10.2. The Bertz CT molecular complexity index is 1150. The topological polar surface area (TPSA) is 64.0 Å². The molecule has 1 heterocycles. The molecule has 1 aromatic heterocycles. The van der Waals surface area contributed by atoms with Crippen molar-refractivity contribution in [1.82, 2.24) is 14.9 Å². The van der Waals surface area contributed by atoms with Crippen LogP contribution in [-0.4, -0.2) is 26.8 Å². The van der Waals surface area contributed by atoms with Crippen LogP contribution in [0.1, 0.15) is 38.2 Å². The van der Waals surface area contributed by atoms with Gasteiger partial charge in [-0.25, -0.2) is 9.37 Å². The van der Waals surface area contributed by atoms with E-state index < -0.39 is 11.1 Å². The second-order valence-corrected chi connectivity index (χ2v) is 9.04. The van der Waals surface area contributed by atoms with Gasteiger partial charge in [0.05, 0.1) is 21.8 Å². The highest BCUT2D eigenvalue weighted by atomic mass is 32.2. The summed E-state index contributed by atoms with van der Waals surface area (Å²) < 4.78 is 15.7. The summed E-state index contributed by atoms with van der Waals surface area (Å²) in [5.41, 5.74) is 1.17. The quantitative estimate of drug-likeness (QED) is 0.487. The summed E-state index contributed by atoms with van der Waals surface area (Å²) in [6, 6.07) is 11.9. The van der Waals surface area contributed by atoms with Crippen molar-refractivity contribution < 1.29 is 9.18 Å². The maximum absolute atomic E-state index is 14.3. The Kier molecular flexibility index (Phi) is 5.90. The summed E-state index contributed by atoms with van der Waals surface area (Å²) in [6.07, 6.45) is 4.28. The average molecular weight is 426 g/mol. The number of hydrogen-bond donors (Lipinski definition) is 1. The van der Waals surface area contributed by atoms with E-state index >= 15 is 0 Å². The number of aromatic nitrogens is 2. The van der Waals surface area contributed by atoms with Crippen molar-refractivity contribution in [3.63, 3.8) is 0 Å². The normalized spacial score (nSPS) is 15.4. The van der Waals surface area contributed by atoms with Crippen LogP contribution >= 0.6 is 11.8 Å². The third kappa shape index (κ3) is 4.12. The molecule has 156 valence electrons. The van der Waals surface area contributed by atoms with Gasteiger partial charge < -0.3 is 5.32 Å². The zero-order valence-corrected chi connectivity index (χ0v) is 17.8. The number of carbonyl (C=O) groups is 1. The van der Waals surface area contributed by atoms with Crippen LogP contribution < -0.4 is 10.9 Å². The zero-order valence-electron chi connectivity index (χ0n) is 17.0. The monoisotopic (exact) mass is 425 g/mol. The lowest BCUT2D eigenvalue weighted by atomic mass is 10.2. The van der Waals surface area contributed by atoms with Gasteiger partial charge in [0.15, 0.2) is 5.16 Å². The van der Waals surface area contributed by atoms with E-state index in [-0.39, 0.29) is 17.5 Å². The number of amides is 1. The number of carbonyl (C=O) groups excluding carboxylic acids is 1. The molecule has 1 atom stereocenters. The number of rotatable bonds is 5. The molecule has 7 heteroatoms. The van der Waals surface area contributed by atoms with Gasteiger partial charge in [0.2, 0.25) is 5.91 Å². The van der Waals surface area contributed by atoms with E-state index in [0.29, 0.717) is 27.3 Å². The first-order valence-corrected chi connectivity index (χ1v) is 11.1. The summed E-state index contributed by atoms with van der Waals surface area (Å²) in [7, 11) is 0. The Hall–Kier alpha value is -2.67. The highest BCUT2D eigenvalue weighted by Crippen LogP contribution is 2.26. The third-order valence-electron chi connectivity index (χ3n) is 5.51. The zero-order chi connectivity index (χ0) is 21.3. The molecule has 1 N–H and O–H groups in total. The highest BCUT2D eigenvalue weighted by Gasteiger charge is 2.24. The Labute approximate surface area is 178 Å². The maximum Gasteiger partial charge on any atom is 0.266 e. The van der Waals surface area contributed by atoms with Gasteiger partial charge in [0.25, 0.3) is 5.56 Å². The van der Waals surface area contributed by atoms with Crippen molar-refractivity contribution >= 4 is 28.6 Å². The molecule has 3 aromatic rings. The van der Waals surface area contributed by atoms with Crippen molar-refractivity contribution in [2.45, 2.75) is 56.0 Å². The van der Waals surface area contributed by atoms with Crippen molar-refractivity contribution in [2.24, 2.45) is 0 Å². The number of nitrogens with zero attached hydrogens (tertiary/aromatic N) is 2. The second kappa shape index (κ2) is 8.60. The van der Waals surface area contributed by atoms with E-state index in [1.54, 1.807) is 44.2 Å². The van der Waals surface area contributed by atoms with Gasteiger partial charge in [0, 0.05) is 6.04 Å². The molecule has 0 aliphatic heterocycles.